The van der Waals surface area contributed by atoms with Gasteiger partial charge in [-0.2, -0.15) is 0 Å². The van der Waals surface area contributed by atoms with Gasteiger partial charge < -0.3 is 30.3 Å². The highest BCUT2D eigenvalue weighted by Crippen LogP contribution is 2.37. The molecule has 0 bridgehead atoms. The predicted octanol–water partition coefficient (Wildman–Crippen LogP) is 6.51. The highest BCUT2D eigenvalue weighted by atomic mass is 35.5. The molecule has 2 saturated heterocycles. The number of piperidine rings is 2. The van der Waals surface area contributed by atoms with Crippen LogP contribution in [0, 0.1) is 0 Å². The van der Waals surface area contributed by atoms with E-state index < -0.39 is 18.1 Å². The van der Waals surface area contributed by atoms with Gasteiger partial charge in [-0.15, -0.1) is 0 Å². The van der Waals surface area contributed by atoms with Crippen molar-refractivity contribution in [1.29, 1.82) is 0 Å². The number of nitrogens with two attached hydrogens (primary N) is 1. The largest absolute Gasteiger partial charge is 0.489 e. The first-order valence-electron chi connectivity index (χ1n) is 17.6. The van der Waals surface area contributed by atoms with E-state index in [0.29, 0.717) is 27.4 Å². The average Bonchev–Trinajstić information content (AvgIpc) is 3.55. The van der Waals surface area contributed by atoms with Crippen LogP contribution in [0.4, 0.5) is 5.82 Å². The Bertz CT molecular complexity index is 1980. The molecule has 2 fully saturated rings. The topological polar surface area (TPSA) is 111 Å². The van der Waals surface area contributed by atoms with Gasteiger partial charge in [-0.3, -0.25) is 9.36 Å². The van der Waals surface area contributed by atoms with E-state index in [4.69, 9.17) is 49.0 Å². The number of likely N-dealkylation sites (tertiary alicyclic amines) is 2. The summed E-state index contributed by atoms with van der Waals surface area (Å²) in [6, 6.07) is 16.4. The van der Waals surface area contributed by atoms with Crippen LogP contribution < -0.4 is 15.8 Å². The third-order valence-electron chi connectivity index (χ3n) is 10.1. The lowest BCUT2D eigenvalue weighted by Crippen LogP contribution is -2.36. The minimum absolute atomic E-state index is 0.110. The normalized spacial score (nSPS) is 20.2. The number of pyridine rings is 1. The maximum atomic E-state index is 12.6. The molecular formula is C39H44ClN7O3S. The maximum Gasteiger partial charge on any atom is 0.250 e. The number of nitrogens with zero attached hydrogens (tertiary/aromatic N) is 5. The number of aromatic nitrogens is 3. The summed E-state index contributed by atoms with van der Waals surface area (Å²) in [7, 11) is 4.28. The van der Waals surface area contributed by atoms with E-state index >= 15 is 0 Å². The van der Waals surface area contributed by atoms with Crippen LogP contribution in [-0.4, -0.2) is 93.6 Å². The van der Waals surface area contributed by atoms with Gasteiger partial charge in [-0.25, -0.2) is 9.97 Å². The Morgan fingerprint density at radius 1 is 1.00 bits per heavy atom. The fourth-order valence-electron chi connectivity index (χ4n) is 7.01. The number of primary amides is 1. The van der Waals surface area contributed by atoms with E-state index in [9.17, 15) is 4.79 Å². The second-order valence-electron chi connectivity index (χ2n) is 13.8. The van der Waals surface area contributed by atoms with Crippen LogP contribution in [0.2, 0.25) is 5.02 Å². The highest BCUT2D eigenvalue weighted by molar-refractivity contribution is 7.81. The molecule has 2 aliphatic heterocycles. The molecule has 3 N–H and O–H groups in total. The number of fused-ring (bicyclic) bond motifs is 1. The van der Waals surface area contributed by atoms with Gasteiger partial charge in [0.2, 0.25) is 5.91 Å². The summed E-state index contributed by atoms with van der Waals surface area (Å²) >= 11 is 12.6. The molecule has 10 nitrogen and oxygen atoms in total. The number of anilines is 1. The van der Waals surface area contributed by atoms with Crippen molar-refractivity contribution in [2.24, 2.45) is 5.73 Å². The van der Waals surface area contributed by atoms with E-state index in [2.05, 4.69) is 35.3 Å². The van der Waals surface area contributed by atoms with E-state index in [1.165, 1.54) is 0 Å². The number of ether oxygens (including phenoxy) is 2. The lowest BCUT2D eigenvalue weighted by molar-refractivity contribution is -0.114. The van der Waals surface area contributed by atoms with Crippen molar-refractivity contribution in [1.82, 2.24) is 24.3 Å². The van der Waals surface area contributed by atoms with Gasteiger partial charge in [0.15, 0.2) is 0 Å². The number of carbonyl (C=O) groups excluding carboxylic acids is 1. The average molecular weight is 726 g/mol. The zero-order chi connectivity index (χ0) is 35.6. The third-order valence-corrected chi connectivity index (χ3v) is 11.0. The Balaban J connectivity index is 1.09. The molecular weight excluding hydrogens is 682 g/mol. The number of imidazole rings is 1. The standard InChI is InChI=1S/C39H44ClN7O3S/c1-24(30-5-4-6-34(37(30)40)50-29-13-17-46(3)18-14-29)49-35-21-28(20-31(38(35)51)39(41)48)47-23-43-32-19-25(7-9-33(32)47)26-8-10-36(42-22-26)44-27-11-15-45(2)16-12-27/h4-10,19-24,27,29,35H,11-18H2,1-3H3,(H2,41,48)(H,42,44)/t24-,35?/m1/s1. The fourth-order valence-corrected chi connectivity index (χ4v) is 7.62. The minimum atomic E-state index is -0.712. The van der Waals surface area contributed by atoms with Crippen LogP contribution in [0.3, 0.4) is 0 Å². The van der Waals surface area contributed by atoms with Gasteiger partial charge >= 0.3 is 0 Å². The number of amides is 1. The van der Waals surface area contributed by atoms with Crippen molar-refractivity contribution in [2.75, 3.05) is 45.6 Å². The molecule has 4 aromatic rings. The molecule has 2 aromatic carbocycles. The van der Waals surface area contributed by atoms with Gasteiger partial charge in [-0.05, 0) is 108 Å². The number of hydrogen-bond donors (Lipinski definition) is 2. The number of hydrogen-bond acceptors (Lipinski definition) is 9. The lowest BCUT2D eigenvalue weighted by atomic mass is 9.98. The molecule has 0 radical (unpaired) electrons. The van der Waals surface area contributed by atoms with E-state index in [-0.39, 0.29) is 11.7 Å². The quantitative estimate of drug-likeness (QED) is 0.177. The molecule has 1 amide bonds. The molecule has 0 spiro atoms. The number of carbonyl (C=O) groups is 1. The van der Waals surface area contributed by atoms with Crippen LogP contribution in [-0.2, 0) is 9.53 Å². The van der Waals surface area contributed by atoms with Crippen molar-refractivity contribution in [2.45, 2.75) is 57.0 Å². The molecule has 2 aromatic heterocycles. The molecule has 266 valence electrons. The van der Waals surface area contributed by atoms with Crippen LogP contribution in [0.15, 0.2) is 78.8 Å². The van der Waals surface area contributed by atoms with Crippen LogP contribution in [0.5, 0.6) is 5.75 Å². The van der Waals surface area contributed by atoms with Gasteiger partial charge in [0, 0.05) is 42.2 Å². The van der Waals surface area contributed by atoms with Crippen molar-refractivity contribution in [3.63, 3.8) is 0 Å². The molecule has 4 heterocycles. The Labute approximate surface area is 309 Å². The Morgan fingerprint density at radius 3 is 2.43 bits per heavy atom. The van der Waals surface area contributed by atoms with E-state index in [1.54, 1.807) is 12.4 Å². The third kappa shape index (κ3) is 7.88. The second kappa shape index (κ2) is 15.2. The van der Waals surface area contributed by atoms with Gasteiger partial charge in [0.1, 0.15) is 30.1 Å². The molecule has 2 atom stereocenters. The smallest absolute Gasteiger partial charge is 0.250 e. The summed E-state index contributed by atoms with van der Waals surface area (Å²) in [4.78, 5) is 27.0. The van der Waals surface area contributed by atoms with Crippen LogP contribution >= 0.6 is 23.8 Å². The van der Waals surface area contributed by atoms with Gasteiger partial charge in [-0.1, -0.05) is 42.0 Å². The number of allylic oxidation sites excluding steroid dienone is 2. The molecule has 1 unspecified atom stereocenters. The summed E-state index contributed by atoms with van der Waals surface area (Å²) in [5.41, 5.74) is 11.2. The SMILES string of the molecule is C[C@@H](OC1C=C(n2cnc3cc(-c4ccc(NC5CCN(C)CC5)nc4)ccc32)C=C(C(N)=O)C1=S)c1cccc(OC2CCN(C)CC2)c1Cl. The Morgan fingerprint density at radius 2 is 1.73 bits per heavy atom. The molecule has 7 rings (SSSR count). The summed E-state index contributed by atoms with van der Waals surface area (Å²) in [5.74, 6) is 0.908. The van der Waals surface area contributed by atoms with Crippen molar-refractivity contribution >= 4 is 57.1 Å². The molecule has 12 heteroatoms. The van der Waals surface area contributed by atoms with E-state index in [1.807, 2.05) is 66.2 Å². The van der Waals surface area contributed by atoms with Gasteiger partial charge in [0.05, 0.1) is 32.6 Å². The number of rotatable bonds is 10. The molecule has 1 aliphatic carbocycles. The minimum Gasteiger partial charge on any atom is -0.489 e. The lowest BCUT2D eigenvalue weighted by Gasteiger charge is -2.30. The first-order valence-corrected chi connectivity index (χ1v) is 18.4. The van der Waals surface area contributed by atoms with Crippen LogP contribution in [0.1, 0.15) is 44.3 Å². The van der Waals surface area contributed by atoms with Crippen LogP contribution in [0.25, 0.3) is 27.9 Å². The summed E-state index contributed by atoms with van der Waals surface area (Å²) < 4.78 is 14.8. The Kier molecular flexibility index (Phi) is 10.5. The monoisotopic (exact) mass is 725 g/mol. The number of benzene rings is 2. The Hall–Kier alpha value is -4.13. The first kappa shape index (κ1) is 35.3. The molecule has 51 heavy (non-hydrogen) atoms. The number of thiocarbonyl (C=S) groups is 1. The predicted molar refractivity (Wildman–Crippen MR) is 207 cm³/mol. The number of nitrogens with one attached hydrogen (secondary N) is 1. The first-order chi connectivity index (χ1) is 24.6. The maximum absolute atomic E-state index is 12.6. The molecule has 0 saturated carbocycles. The zero-order valence-electron chi connectivity index (χ0n) is 29.2. The summed E-state index contributed by atoms with van der Waals surface area (Å²) in [5, 5.41) is 4.09. The zero-order valence-corrected chi connectivity index (χ0v) is 30.8. The van der Waals surface area contributed by atoms with Crippen molar-refractivity contribution in [3.8, 4) is 16.9 Å². The number of halogens is 1. The van der Waals surface area contributed by atoms with Gasteiger partial charge in [0.25, 0.3) is 0 Å². The van der Waals surface area contributed by atoms with Crippen molar-refractivity contribution < 1.29 is 14.3 Å². The fraction of sp³-hybridized carbons (Fsp3) is 0.385. The molecule has 3 aliphatic rings. The second-order valence-corrected chi connectivity index (χ2v) is 14.6. The highest BCUT2D eigenvalue weighted by Gasteiger charge is 2.29. The van der Waals surface area contributed by atoms with E-state index in [0.717, 1.165) is 85.4 Å². The van der Waals surface area contributed by atoms with Crippen molar-refractivity contribution in [3.05, 3.63) is 89.4 Å². The summed E-state index contributed by atoms with van der Waals surface area (Å²) in [6.45, 7) is 6.08. The summed E-state index contributed by atoms with van der Waals surface area (Å²) in [6.07, 6.45) is 10.3.